The van der Waals surface area contributed by atoms with Crippen molar-refractivity contribution in [3.63, 3.8) is 0 Å². The van der Waals surface area contributed by atoms with Crippen LogP contribution in [0.5, 0.6) is 0 Å². The quantitative estimate of drug-likeness (QED) is 0.773. The molecular weight excluding hydrogens is 267 g/mol. The molecule has 1 saturated carbocycles. The zero-order valence-corrected chi connectivity index (χ0v) is 12.1. The third-order valence-electron chi connectivity index (χ3n) is 3.15. The summed E-state index contributed by atoms with van der Waals surface area (Å²) in [7, 11) is 0. The fourth-order valence-corrected chi connectivity index (χ4v) is 2.44. The lowest BCUT2D eigenvalue weighted by Gasteiger charge is -2.19. The van der Waals surface area contributed by atoms with Crippen LogP contribution in [0.3, 0.4) is 0 Å². The molecule has 1 aliphatic carbocycles. The fraction of sp³-hybridized carbons (Fsp3) is 0.533. The van der Waals surface area contributed by atoms with Gasteiger partial charge in [-0.1, -0.05) is 23.7 Å². The van der Waals surface area contributed by atoms with Gasteiger partial charge in [0.25, 0.3) is 0 Å². The number of halogens is 2. The Hall–Kier alpha value is -1.09. The first kappa shape index (κ1) is 14.3. The molecule has 0 saturated heterocycles. The topological polar surface area (TPSA) is 26.3 Å². The van der Waals surface area contributed by atoms with E-state index in [9.17, 15) is 9.18 Å². The average molecular weight is 285 g/mol. The molecule has 0 spiro atoms. The fourth-order valence-electron chi connectivity index (χ4n) is 2.26. The summed E-state index contributed by atoms with van der Waals surface area (Å²) in [5, 5.41) is 0.139. The van der Waals surface area contributed by atoms with E-state index in [0.29, 0.717) is 12.0 Å². The Labute approximate surface area is 117 Å². The van der Waals surface area contributed by atoms with Crippen LogP contribution in [0.4, 0.5) is 4.39 Å². The van der Waals surface area contributed by atoms with Crippen LogP contribution in [0, 0.1) is 11.7 Å². The van der Waals surface area contributed by atoms with Gasteiger partial charge in [0.15, 0.2) is 0 Å². The monoisotopic (exact) mass is 284 g/mol. The van der Waals surface area contributed by atoms with E-state index in [0.717, 1.165) is 6.42 Å². The number of rotatable bonds is 3. The van der Waals surface area contributed by atoms with Crippen LogP contribution in [-0.4, -0.2) is 11.6 Å². The van der Waals surface area contributed by atoms with Crippen molar-refractivity contribution in [1.82, 2.24) is 0 Å². The summed E-state index contributed by atoms with van der Waals surface area (Å²) in [5.41, 5.74) is 0.143. The Morgan fingerprint density at radius 2 is 2.16 bits per heavy atom. The van der Waals surface area contributed by atoms with E-state index in [-0.39, 0.29) is 28.6 Å². The van der Waals surface area contributed by atoms with Gasteiger partial charge < -0.3 is 4.74 Å². The lowest BCUT2D eigenvalue weighted by Crippen LogP contribution is -2.24. The molecule has 0 bridgehead atoms. The van der Waals surface area contributed by atoms with Crippen molar-refractivity contribution in [2.24, 2.45) is 5.92 Å². The Kier molecular flexibility index (Phi) is 3.86. The van der Waals surface area contributed by atoms with E-state index in [1.165, 1.54) is 6.07 Å². The van der Waals surface area contributed by atoms with Gasteiger partial charge in [-0.2, -0.15) is 0 Å². The summed E-state index contributed by atoms with van der Waals surface area (Å²) < 4.78 is 19.1. The summed E-state index contributed by atoms with van der Waals surface area (Å²) >= 11 is 5.76. The molecule has 0 aliphatic heterocycles. The molecule has 1 aromatic carbocycles. The average Bonchev–Trinajstić information content (AvgIpc) is 2.98. The molecule has 1 aromatic rings. The number of carbonyl (C=O) groups is 1. The second-order valence-electron chi connectivity index (χ2n) is 6.04. The van der Waals surface area contributed by atoms with Crippen molar-refractivity contribution in [3.8, 4) is 0 Å². The molecule has 2 nitrogen and oxygen atoms in total. The highest BCUT2D eigenvalue weighted by atomic mass is 35.5. The number of ether oxygens (including phenoxy) is 1. The molecule has 1 fully saturated rings. The second-order valence-corrected chi connectivity index (χ2v) is 6.44. The van der Waals surface area contributed by atoms with Crippen LogP contribution < -0.4 is 0 Å². The van der Waals surface area contributed by atoms with Gasteiger partial charge in [-0.05, 0) is 50.7 Å². The minimum Gasteiger partial charge on any atom is -0.460 e. The third-order valence-corrected chi connectivity index (χ3v) is 3.44. The lowest BCUT2D eigenvalue weighted by atomic mass is 10.1. The van der Waals surface area contributed by atoms with Gasteiger partial charge in [-0.15, -0.1) is 0 Å². The molecule has 104 valence electrons. The second kappa shape index (κ2) is 5.12. The van der Waals surface area contributed by atoms with Crippen LogP contribution >= 0.6 is 11.6 Å². The molecule has 0 N–H and O–H groups in total. The van der Waals surface area contributed by atoms with Gasteiger partial charge in [0.05, 0.1) is 5.02 Å². The molecule has 4 heteroatoms. The first-order valence-electron chi connectivity index (χ1n) is 6.43. The van der Waals surface area contributed by atoms with Gasteiger partial charge in [0.1, 0.15) is 11.4 Å². The van der Waals surface area contributed by atoms with Gasteiger partial charge >= 0.3 is 5.97 Å². The van der Waals surface area contributed by atoms with E-state index in [1.54, 1.807) is 12.1 Å². The first-order valence-corrected chi connectivity index (χ1v) is 6.81. The Balaban J connectivity index is 1.95. The van der Waals surface area contributed by atoms with Crippen molar-refractivity contribution in [2.45, 2.75) is 45.1 Å². The summed E-state index contributed by atoms with van der Waals surface area (Å²) in [6.45, 7) is 5.52. The van der Waals surface area contributed by atoms with Gasteiger partial charge in [-0.3, -0.25) is 4.79 Å². The Morgan fingerprint density at radius 1 is 1.47 bits per heavy atom. The minimum atomic E-state index is -0.469. The molecule has 0 amide bonds. The predicted octanol–water partition coefficient (Wildman–Crippen LogP) is 4.31. The summed E-state index contributed by atoms with van der Waals surface area (Å²) in [4.78, 5) is 11.7. The maximum atomic E-state index is 13.8. The number of carbonyl (C=O) groups excluding carboxylic acids is 1. The van der Waals surface area contributed by atoms with Crippen LogP contribution in [0.25, 0.3) is 0 Å². The highest BCUT2D eigenvalue weighted by Gasteiger charge is 2.42. The van der Waals surface area contributed by atoms with Crippen molar-refractivity contribution < 1.29 is 13.9 Å². The van der Waals surface area contributed by atoms with Crippen molar-refractivity contribution >= 4 is 17.6 Å². The van der Waals surface area contributed by atoms with E-state index in [4.69, 9.17) is 16.3 Å². The standard InChI is InChI=1S/C15H18ClFO2/c1-15(2,3)19-13(18)8-9-7-11(9)10-5-4-6-12(16)14(10)17/h4-6,9,11H,7-8H2,1-3H3. The number of esters is 1. The smallest absolute Gasteiger partial charge is 0.306 e. The maximum Gasteiger partial charge on any atom is 0.306 e. The maximum absolute atomic E-state index is 13.8. The molecule has 1 aliphatic rings. The van der Waals surface area contributed by atoms with Gasteiger partial charge in [-0.25, -0.2) is 4.39 Å². The van der Waals surface area contributed by atoms with Crippen LogP contribution in [-0.2, 0) is 9.53 Å². The summed E-state index contributed by atoms with van der Waals surface area (Å²) in [5.74, 6) is -0.322. The molecule has 2 atom stereocenters. The summed E-state index contributed by atoms with van der Waals surface area (Å²) in [6.07, 6.45) is 1.16. The van der Waals surface area contributed by atoms with Crippen LogP contribution in [0.1, 0.15) is 45.1 Å². The first-order chi connectivity index (χ1) is 8.78. The molecular formula is C15H18ClFO2. The highest BCUT2D eigenvalue weighted by molar-refractivity contribution is 6.30. The highest BCUT2D eigenvalue weighted by Crippen LogP contribution is 2.51. The largest absolute Gasteiger partial charge is 0.460 e. The molecule has 0 radical (unpaired) electrons. The normalized spacial score (nSPS) is 22.2. The van der Waals surface area contributed by atoms with Crippen LogP contribution in [0.15, 0.2) is 18.2 Å². The number of hydrogen-bond donors (Lipinski definition) is 0. The zero-order chi connectivity index (χ0) is 14.2. The Morgan fingerprint density at radius 3 is 2.79 bits per heavy atom. The molecule has 0 aromatic heterocycles. The number of hydrogen-bond acceptors (Lipinski definition) is 2. The molecule has 0 heterocycles. The molecule has 2 unspecified atom stereocenters. The van der Waals surface area contributed by atoms with Gasteiger partial charge in [0.2, 0.25) is 0 Å². The third kappa shape index (κ3) is 3.69. The Bertz CT molecular complexity index is 493. The molecule has 19 heavy (non-hydrogen) atoms. The van der Waals surface area contributed by atoms with Crippen molar-refractivity contribution in [1.29, 1.82) is 0 Å². The van der Waals surface area contributed by atoms with Gasteiger partial charge in [0, 0.05) is 6.42 Å². The van der Waals surface area contributed by atoms with Crippen molar-refractivity contribution in [3.05, 3.63) is 34.6 Å². The summed E-state index contributed by atoms with van der Waals surface area (Å²) in [6, 6.07) is 5.01. The van der Waals surface area contributed by atoms with E-state index >= 15 is 0 Å². The lowest BCUT2D eigenvalue weighted by molar-refractivity contribution is -0.155. The number of benzene rings is 1. The minimum absolute atomic E-state index is 0.0891. The SMILES string of the molecule is CC(C)(C)OC(=O)CC1CC1c1cccc(Cl)c1F. The molecule has 2 rings (SSSR count). The predicted molar refractivity (Wildman–Crippen MR) is 72.7 cm³/mol. The van der Waals surface area contributed by atoms with E-state index < -0.39 is 5.60 Å². The van der Waals surface area contributed by atoms with E-state index in [1.807, 2.05) is 20.8 Å². The van der Waals surface area contributed by atoms with Crippen molar-refractivity contribution in [2.75, 3.05) is 0 Å². The van der Waals surface area contributed by atoms with Crippen LogP contribution in [0.2, 0.25) is 5.02 Å². The zero-order valence-electron chi connectivity index (χ0n) is 11.4. The van der Waals surface area contributed by atoms with E-state index in [2.05, 4.69) is 0 Å².